The summed E-state index contributed by atoms with van der Waals surface area (Å²) in [6.45, 7) is 3.87. The van der Waals surface area contributed by atoms with Crippen molar-refractivity contribution in [2.45, 2.75) is 24.0 Å². The van der Waals surface area contributed by atoms with E-state index in [1.807, 2.05) is 0 Å². The lowest BCUT2D eigenvalue weighted by molar-refractivity contribution is -0.137. The number of hydrogen-bond donors (Lipinski definition) is 1. The first-order chi connectivity index (χ1) is 9.34. The zero-order chi connectivity index (χ0) is 14.9. The largest absolute Gasteiger partial charge is 0.486 e. The maximum absolute atomic E-state index is 12.4. The van der Waals surface area contributed by atoms with Crippen LogP contribution >= 0.6 is 0 Å². The van der Waals surface area contributed by atoms with Crippen molar-refractivity contribution in [2.75, 3.05) is 13.2 Å². The molecule has 6 nitrogen and oxygen atoms in total. The molecule has 2 rings (SSSR count). The molecule has 1 unspecified atom stereocenters. The number of rotatable bonds is 4. The van der Waals surface area contributed by atoms with Crippen LogP contribution in [0.25, 0.3) is 0 Å². The highest BCUT2D eigenvalue weighted by atomic mass is 32.2. The summed E-state index contributed by atoms with van der Waals surface area (Å²) in [7, 11) is -3.97. The van der Waals surface area contributed by atoms with Crippen molar-refractivity contribution in [3.63, 3.8) is 0 Å². The molecule has 20 heavy (non-hydrogen) atoms. The van der Waals surface area contributed by atoms with E-state index in [9.17, 15) is 13.2 Å². The molecule has 7 heteroatoms. The van der Waals surface area contributed by atoms with Gasteiger partial charge in [0.2, 0.25) is 0 Å². The van der Waals surface area contributed by atoms with E-state index in [0.29, 0.717) is 24.7 Å². The highest BCUT2D eigenvalue weighted by Crippen LogP contribution is 2.34. The van der Waals surface area contributed by atoms with Gasteiger partial charge in [-0.05, 0) is 18.1 Å². The minimum atomic E-state index is -3.97. The van der Waals surface area contributed by atoms with Crippen LogP contribution < -0.4 is 9.47 Å². The predicted octanol–water partition coefficient (Wildman–Crippen LogP) is 1.34. The van der Waals surface area contributed by atoms with Crippen molar-refractivity contribution in [1.29, 1.82) is 0 Å². The van der Waals surface area contributed by atoms with E-state index in [2.05, 4.69) is 0 Å². The van der Waals surface area contributed by atoms with Crippen molar-refractivity contribution < 1.29 is 27.8 Å². The van der Waals surface area contributed by atoms with E-state index in [0.717, 1.165) is 0 Å². The van der Waals surface area contributed by atoms with E-state index in [1.54, 1.807) is 13.8 Å². The van der Waals surface area contributed by atoms with Crippen LogP contribution in [0.2, 0.25) is 0 Å². The maximum atomic E-state index is 12.4. The molecule has 0 bridgehead atoms. The summed E-state index contributed by atoms with van der Waals surface area (Å²) in [5, 5.41) is 7.66. The van der Waals surface area contributed by atoms with Crippen LogP contribution in [0.15, 0.2) is 23.1 Å². The molecule has 0 fully saturated rings. The van der Waals surface area contributed by atoms with E-state index >= 15 is 0 Å². The van der Waals surface area contributed by atoms with Crippen LogP contribution in [-0.2, 0) is 14.6 Å². The molecule has 1 heterocycles. The average molecular weight is 300 g/mol. The summed E-state index contributed by atoms with van der Waals surface area (Å²) in [4.78, 5) is 11.1. The Kier molecular flexibility index (Phi) is 3.89. The molecule has 0 saturated carbocycles. The Morgan fingerprint density at radius 2 is 1.80 bits per heavy atom. The lowest BCUT2D eigenvalue weighted by atomic mass is 10.1. The van der Waals surface area contributed by atoms with Crippen LogP contribution in [-0.4, -0.2) is 38.0 Å². The fourth-order valence-corrected chi connectivity index (χ4v) is 3.93. The van der Waals surface area contributed by atoms with Gasteiger partial charge >= 0.3 is 5.97 Å². The first kappa shape index (κ1) is 14.6. The first-order valence-electron chi connectivity index (χ1n) is 6.20. The summed E-state index contributed by atoms with van der Waals surface area (Å²) in [5.41, 5.74) is 0. The number of carboxylic acids is 1. The molecule has 0 radical (unpaired) electrons. The van der Waals surface area contributed by atoms with Crippen LogP contribution in [0.5, 0.6) is 11.5 Å². The van der Waals surface area contributed by atoms with Gasteiger partial charge in [-0.15, -0.1) is 0 Å². The third-order valence-corrected chi connectivity index (χ3v) is 5.35. The number of hydrogen-bond acceptors (Lipinski definition) is 5. The van der Waals surface area contributed by atoms with Crippen molar-refractivity contribution >= 4 is 15.8 Å². The molecule has 0 aliphatic carbocycles. The third-order valence-electron chi connectivity index (χ3n) is 3.03. The molecule has 0 aromatic heterocycles. The fourth-order valence-electron chi connectivity index (χ4n) is 2.12. The minimum absolute atomic E-state index is 0.0668. The maximum Gasteiger partial charge on any atom is 0.322 e. The van der Waals surface area contributed by atoms with Gasteiger partial charge in [0.15, 0.2) is 26.6 Å². The second-order valence-corrected chi connectivity index (χ2v) is 6.92. The number of carboxylic acid groups (broad SMARTS) is 1. The topological polar surface area (TPSA) is 89.9 Å². The Bertz CT molecular complexity index is 620. The van der Waals surface area contributed by atoms with Crippen LogP contribution in [0.1, 0.15) is 13.8 Å². The molecule has 0 spiro atoms. The molecule has 1 aliphatic rings. The Hall–Kier alpha value is -1.76. The first-order valence-corrected chi connectivity index (χ1v) is 7.75. The molecule has 1 aromatic carbocycles. The van der Waals surface area contributed by atoms with Gasteiger partial charge < -0.3 is 14.6 Å². The second kappa shape index (κ2) is 5.32. The van der Waals surface area contributed by atoms with Gasteiger partial charge in [0.05, 0.1) is 4.90 Å². The number of carbonyl (C=O) groups is 1. The number of sulfone groups is 1. The van der Waals surface area contributed by atoms with Gasteiger partial charge in [0.25, 0.3) is 0 Å². The normalized spacial score (nSPS) is 15.9. The number of benzene rings is 1. The van der Waals surface area contributed by atoms with Gasteiger partial charge in [0, 0.05) is 6.07 Å². The Morgan fingerprint density at radius 3 is 2.35 bits per heavy atom. The summed E-state index contributed by atoms with van der Waals surface area (Å²) in [6, 6.07) is 4.16. The molecule has 110 valence electrons. The van der Waals surface area contributed by atoms with E-state index < -0.39 is 27.0 Å². The van der Waals surface area contributed by atoms with Gasteiger partial charge in [-0.1, -0.05) is 13.8 Å². The van der Waals surface area contributed by atoms with Crippen LogP contribution in [0.4, 0.5) is 0 Å². The molecule has 1 aliphatic heterocycles. The van der Waals surface area contributed by atoms with Gasteiger partial charge in [-0.2, -0.15) is 0 Å². The van der Waals surface area contributed by atoms with Crippen molar-refractivity contribution in [1.82, 2.24) is 0 Å². The molecular weight excluding hydrogens is 284 g/mol. The van der Waals surface area contributed by atoms with E-state index in [-0.39, 0.29) is 4.90 Å². The smallest absolute Gasteiger partial charge is 0.322 e. The van der Waals surface area contributed by atoms with E-state index in [1.165, 1.54) is 18.2 Å². The number of ether oxygens (including phenoxy) is 2. The van der Waals surface area contributed by atoms with Crippen LogP contribution in [0, 0.1) is 5.92 Å². The van der Waals surface area contributed by atoms with Crippen molar-refractivity contribution in [2.24, 2.45) is 5.92 Å². The second-order valence-electron chi connectivity index (χ2n) is 4.85. The predicted molar refractivity (Wildman–Crippen MR) is 70.9 cm³/mol. The lowest BCUT2D eigenvalue weighted by Gasteiger charge is -2.21. The molecule has 1 aromatic rings. The zero-order valence-corrected chi connectivity index (χ0v) is 12.0. The zero-order valence-electron chi connectivity index (χ0n) is 11.2. The van der Waals surface area contributed by atoms with Gasteiger partial charge in [-0.25, -0.2) is 8.42 Å². The summed E-state index contributed by atoms with van der Waals surface area (Å²) >= 11 is 0. The van der Waals surface area contributed by atoms with E-state index in [4.69, 9.17) is 14.6 Å². The molecule has 0 saturated heterocycles. The average Bonchev–Trinajstić information content (AvgIpc) is 2.36. The number of fused-ring (bicyclic) bond motifs is 1. The van der Waals surface area contributed by atoms with Gasteiger partial charge in [-0.3, -0.25) is 4.79 Å². The monoisotopic (exact) mass is 300 g/mol. The summed E-state index contributed by atoms with van der Waals surface area (Å²) < 4.78 is 35.5. The fraction of sp³-hybridized carbons (Fsp3) is 0.462. The standard InChI is InChI=1S/C13H16O6S/c1-8(2)12(13(14)15)20(16,17)9-3-4-10-11(7-9)19-6-5-18-10/h3-4,7-8,12H,5-6H2,1-2H3,(H,14,15). The Labute approximate surface area is 117 Å². The summed E-state index contributed by atoms with van der Waals surface area (Å²) in [5.74, 6) is -1.10. The highest BCUT2D eigenvalue weighted by molar-refractivity contribution is 7.92. The molecular formula is C13H16O6S. The molecule has 1 N–H and O–H groups in total. The van der Waals surface area contributed by atoms with Crippen LogP contribution in [0.3, 0.4) is 0 Å². The Morgan fingerprint density at radius 1 is 1.20 bits per heavy atom. The van der Waals surface area contributed by atoms with Gasteiger partial charge in [0.1, 0.15) is 13.2 Å². The third kappa shape index (κ3) is 2.58. The highest BCUT2D eigenvalue weighted by Gasteiger charge is 2.37. The Balaban J connectivity index is 2.46. The SMILES string of the molecule is CC(C)C(C(=O)O)S(=O)(=O)c1ccc2c(c1)OCCO2. The van der Waals surface area contributed by atoms with Crippen molar-refractivity contribution in [3.05, 3.63) is 18.2 Å². The quantitative estimate of drug-likeness (QED) is 0.902. The minimum Gasteiger partial charge on any atom is -0.486 e. The molecule has 1 atom stereocenters. The lowest BCUT2D eigenvalue weighted by Crippen LogP contribution is -2.35. The number of aliphatic carboxylic acids is 1. The molecule has 0 amide bonds. The summed E-state index contributed by atoms with van der Waals surface area (Å²) in [6.07, 6.45) is 0. The van der Waals surface area contributed by atoms with Crippen molar-refractivity contribution in [3.8, 4) is 11.5 Å².